The second kappa shape index (κ2) is 2.79. The molecule has 0 fully saturated rings. The fourth-order valence-corrected chi connectivity index (χ4v) is 0.372. The number of amides is 1. The van der Waals surface area contributed by atoms with E-state index in [0.29, 0.717) is 0 Å². The summed E-state index contributed by atoms with van der Waals surface area (Å²) in [6.45, 7) is 3.54. The molecule has 0 spiro atoms. The van der Waals surface area contributed by atoms with Gasteiger partial charge in [0.2, 0.25) is 0 Å². The van der Waals surface area contributed by atoms with E-state index in [9.17, 15) is 4.79 Å². The summed E-state index contributed by atoms with van der Waals surface area (Å²) in [5.41, 5.74) is 3.07. The molecular formula is C5H12NO2+. The van der Waals surface area contributed by atoms with Crippen LogP contribution in [0.3, 0.4) is 0 Å². The van der Waals surface area contributed by atoms with E-state index in [1.54, 1.807) is 13.8 Å². The molecule has 0 radical (unpaired) electrons. The summed E-state index contributed by atoms with van der Waals surface area (Å²) >= 11 is 0. The molecule has 0 saturated heterocycles. The van der Waals surface area contributed by atoms with Crippen molar-refractivity contribution >= 4 is 5.91 Å². The minimum atomic E-state index is -0.880. The maximum atomic E-state index is 10.2. The van der Waals surface area contributed by atoms with Gasteiger partial charge < -0.3 is 5.11 Å². The van der Waals surface area contributed by atoms with Gasteiger partial charge in [0.05, 0.1) is 0 Å². The van der Waals surface area contributed by atoms with Crippen LogP contribution in [0.1, 0.15) is 13.8 Å². The van der Waals surface area contributed by atoms with E-state index in [2.05, 4.69) is 5.73 Å². The van der Waals surface area contributed by atoms with Crippen LogP contribution >= 0.6 is 0 Å². The van der Waals surface area contributed by atoms with Gasteiger partial charge in [-0.25, -0.2) is 4.79 Å². The zero-order valence-corrected chi connectivity index (χ0v) is 5.22. The molecule has 0 rings (SSSR count). The molecule has 0 aliphatic heterocycles. The molecule has 3 nitrogen and oxygen atoms in total. The SMILES string of the molecule is CC(C)[C@H](O)C([NH3+])=O. The molecule has 0 saturated carbocycles. The average molecular weight is 118 g/mol. The predicted octanol–water partition coefficient (Wildman–Crippen LogP) is -1.23. The Morgan fingerprint density at radius 3 is 2.00 bits per heavy atom. The topological polar surface area (TPSA) is 64.9 Å². The number of hydrogen-bond acceptors (Lipinski definition) is 2. The Morgan fingerprint density at radius 2 is 2.00 bits per heavy atom. The molecule has 1 atom stereocenters. The van der Waals surface area contributed by atoms with Crippen LogP contribution in [-0.4, -0.2) is 17.1 Å². The first kappa shape index (κ1) is 7.59. The molecule has 48 valence electrons. The van der Waals surface area contributed by atoms with E-state index >= 15 is 0 Å². The van der Waals surface area contributed by atoms with Crippen molar-refractivity contribution in [2.24, 2.45) is 5.92 Å². The number of quaternary nitrogens is 1. The van der Waals surface area contributed by atoms with Crippen LogP contribution < -0.4 is 5.73 Å². The van der Waals surface area contributed by atoms with Crippen molar-refractivity contribution in [3.63, 3.8) is 0 Å². The molecule has 0 aromatic rings. The van der Waals surface area contributed by atoms with E-state index in [4.69, 9.17) is 5.11 Å². The molecule has 0 aromatic heterocycles. The molecular weight excluding hydrogens is 106 g/mol. The summed E-state index contributed by atoms with van der Waals surface area (Å²) in [4.78, 5) is 10.2. The molecule has 0 bridgehead atoms. The molecule has 0 aliphatic carbocycles. The van der Waals surface area contributed by atoms with Gasteiger partial charge in [-0.15, -0.1) is 0 Å². The summed E-state index contributed by atoms with van der Waals surface area (Å²) in [6.07, 6.45) is -0.880. The Morgan fingerprint density at radius 1 is 1.62 bits per heavy atom. The van der Waals surface area contributed by atoms with Crippen molar-refractivity contribution in [3.05, 3.63) is 0 Å². The van der Waals surface area contributed by atoms with Gasteiger partial charge in [0, 0.05) is 0 Å². The molecule has 3 heteroatoms. The number of carbonyl (C=O) groups excluding carboxylic acids is 1. The Hall–Kier alpha value is -0.410. The van der Waals surface area contributed by atoms with Gasteiger partial charge in [0.15, 0.2) is 6.10 Å². The maximum Gasteiger partial charge on any atom is 0.337 e. The van der Waals surface area contributed by atoms with Gasteiger partial charge in [0.25, 0.3) is 0 Å². The van der Waals surface area contributed by atoms with Crippen LogP contribution in [0, 0.1) is 5.92 Å². The second-order valence-electron chi connectivity index (χ2n) is 2.16. The highest BCUT2D eigenvalue weighted by atomic mass is 16.3. The number of hydrogen-bond donors (Lipinski definition) is 2. The lowest BCUT2D eigenvalue weighted by molar-refractivity contribution is -0.316. The third-order valence-corrected chi connectivity index (χ3v) is 0.961. The van der Waals surface area contributed by atoms with Crippen LogP contribution in [0.15, 0.2) is 0 Å². The van der Waals surface area contributed by atoms with Crippen LogP contribution in [-0.2, 0) is 4.79 Å². The quantitative estimate of drug-likeness (QED) is 0.477. The van der Waals surface area contributed by atoms with Gasteiger partial charge in [-0.05, 0) is 5.92 Å². The lowest BCUT2D eigenvalue weighted by Crippen LogP contribution is -2.63. The smallest absolute Gasteiger partial charge is 0.337 e. The Bertz CT molecular complexity index is 90.4. The van der Waals surface area contributed by atoms with E-state index in [1.807, 2.05) is 0 Å². The minimum Gasteiger partial charge on any atom is -0.379 e. The van der Waals surface area contributed by atoms with E-state index in [-0.39, 0.29) is 5.92 Å². The van der Waals surface area contributed by atoms with Crippen molar-refractivity contribution < 1.29 is 15.6 Å². The number of rotatable bonds is 2. The Labute approximate surface area is 48.5 Å². The first-order valence-electron chi connectivity index (χ1n) is 2.59. The lowest BCUT2D eigenvalue weighted by atomic mass is 10.1. The van der Waals surface area contributed by atoms with E-state index in [0.717, 1.165) is 0 Å². The van der Waals surface area contributed by atoms with Crippen molar-refractivity contribution in [2.75, 3.05) is 0 Å². The van der Waals surface area contributed by atoms with Crippen LogP contribution in [0.2, 0.25) is 0 Å². The molecule has 0 aliphatic rings. The molecule has 1 amide bonds. The fraction of sp³-hybridized carbons (Fsp3) is 0.800. The third kappa shape index (κ3) is 2.04. The summed E-state index contributed by atoms with van der Waals surface area (Å²) in [6, 6.07) is 0. The number of aliphatic hydroxyl groups is 1. The first-order chi connectivity index (χ1) is 3.55. The van der Waals surface area contributed by atoms with Crippen molar-refractivity contribution in [1.29, 1.82) is 0 Å². The molecule has 8 heavy (non-hydrogen) atoms. The average Bonchev–Trinajstić information content (AvgIpc) is 1.64. The van der Waals surface area contributed by atoms with Gasteiger partial charge in [0.1, 0.15) is 0 Å². The highest BCUT2D eigenvalue weighted by Crippen LogP contribution is 1.97. The molecule has 0 heterocycles. The maximum absolute atomic E-state index is 10.2. The molecule has 0 unspecified atom stereocenters. The molecule has 0 aromatic carbocycles. The summed E-state index contributed by atoms with van der Waals surface area (Å²) in [5.74, 6) is -0.417. The minimum absolute atomic E-state index is 0.0139. The largest absolute Gasteiger partial charge is 0.379 e. The van der Waals surface area contributed by atoms with E-state index < -0.39 is 12.0 Å². The van der Waals surface area contributed by atoms with Gasteiger partial charge in [-0.3, -0.25) is 5.73 Å². The summed E-state index contributed by atoms with van der Waals surface area (Å²) in [5, 5.41) is 8.79. The van der Waals surface area contributed by atoms with Gasteiger partial charge in [-0.2, -0.15) is 0 Å². The standard InChI is InChI=1S/C5H11NO2/c1-3(2)4(7)5(6)8/h3-4,7H,1-2H3,(H2,6,8)/p+1/t4-/m0/s1. The second-order valence-corrected chi connectivity index (χ2v) is 2.16. The number of carbonyl (C=O) groups is 1. The van der Waals surface area contributed by atoms with Crippen LogP contribution in [0.25, 0.3) is 0 Å². The predicted molar refractivity (Wildman–Crippen MR) is 28.7 cm³/mol. The Balaban J connectivity index is 3.64. The van der Waals surface area contributed by atoms with Crippen molar-refractivity contribution in [1.82, 2.24) is 0 Å². The normalized spacial score (nSPS) is 14.1. The lowest BCUT2D eigenvalue weighted by Gasteiger charge is -2.05. The van der Waals surface area contributed by atoms with Gasteiger partial charge in [-0.1, -0.05) is 13.8 Å². The third-order valence-electron chi connectivity index (χ3n) is 0.961. The highest BCUT2D eigenvalue weighted by molar-refractivity contribution is 5.69. The first-order valence-corrected chi connectivity index (χ1v) is 2.59. The number of aliphatic hydroxyl groups excluding tert-OH is 1. The zero-order valence-electron chi connectivity index (χ0n) is 5.22. The summed E-state index contributed by atoms with van der Waals surface area (Å²) < 4.78 is 0. The van der Waals surface area contributed by atoms with Crippen molar-refractivity contribution in [2.45, 2.75) is 20.0 Å². The van der Waals surface area contributed by atoms with E-state index in [1.165, 1.54) is 0 Å². The molecule has 4 N–H and O–H groups in total. The zero-order chi connectivity index (χ0) is 6.73. The van der Waals surface area contributed by atoms with Crippen LogP contribution in [0.4, 0.5) is 0 Å². The van der Waals surface area contributed by atoms with Gasteiger partial charge >= 0.3 is 5.91 Å². The van der Waals surface area contributed by atoms with Crippen molar-refractivity contribution in [3.8, 4) is 0 Å². The fourth-order valence-electron chi connectivity index (χ4n) is 0.372. The monoisotopic (exact) mass is 118 g/mol. The Kier molecular flexibility index (Phi) is 2.65. The van der Waals surface area contributed by atoms with Crippen LogP contribution in [0.5, 0.6) is 0 Å². The highest BCUT2D eigenvalue weighted by Gasteiger charge is 2.17. The summed E-state index contributed by atoms with van der Waals surface area (Å²) in [7, 11) is 0.